The van der Waals surface area contributed by atoms with E-state index < -0.39 is 0 Å². The van der Waals surface area contributed by atoms with Gasteiger partial charge in [-0.3, -0.25) is 0 Å². The highest BCUT2D eigenvalue weighted by Crippen LogP contribution is 2.39. The minimum atomic E-state index is -0.00660. The summed E-state index contributed by atoms with van der Waals surface area (Å²) >= 11 is 1.83. The van der Waals surface area contributed by atoms with E-state index in [0.717, 1.165) is 63.8 Å². The molecule has 3 aromatic rings. The predicted molar refractivity (Wildman–Crippen MR) is 122 cm³/mol. The van der Waals surface area contributed by atoms with Crippen LogP contribution in [0, 0.1) is 13.8 Å². The molecule has 0 heterocycles. The highest BCUT2D eigenvalue weighted by atomic mass is 32.2. The third-order valence-corrected chi connectivity index (χ3v) is 5.43. The molecule has 0 spiro atoms. The average Bonchev–Trinajstić information content (AvgIpc) is 2.72. The molecule has 0 aliphatic heterocycles. The number of aliphatic hydroxyl groups is 1. The smallest absolute Gasteiger partial charge is 0.135 e. The van der Waals surface area contributed by atoms with Gasteiger partial charge in [-0.25, -0.2) is 0 Å². The summed E-state index contributed by atoms with van der Waals surface area (Å²) in [6, 6.07) is 19.8. The molecular formula is C25H28O3S. The van der Waals surface area contributed by atoms with E-state index in [1.165, 1.54) is 0 Å². The fraction of sp³-hybridized carbons (Fsp3) is 0.280. The lowest BCUT2D eigenvalue weighted by atomic mass is 9.93. The van der Waals surface area contributed by atoms with Crippen molar-refractivity contribution in [3.05, 3.63) is 77.4 Å². The van der Waals surface area contributed by atoms with Crippen LogP contribution in [0.15, 0.2) is 60.7 Å². The summed E-state index contributed by atoms with van der Waals surface area (Å²) in [5, 5.41) is 9.65. The van der Waals surface area contributed by atoms with Crippen LogP contribution in [0.1, 0.15) is 23.1 Å². The normalized spacial score (nSPS) is 10.8. The van der Waals surface area contributed by atoms with Crippen molar-refractivity contribution in [2.75, 3.05) is 18.6 Å². The molecule has 0 saturated carbocycles. The number of para-hydroxylation sites is 1. The molecule has 4 heteroatoms. The van der Waals surface area contributed by atoms with E-state index in [0.29, 0.717) is 0 Å². The monoisotopic (exact) mass is 408 g/mol. The van der Waals surface area contributed by atoms with Gasteiger partial charge in [0, 0.05) is 5.56 Å². The van der Waals surface area contributed by atoms with Gasteiger partial charge in [0.2, 0.25) is 0 Å². The fourth-order valence-electron chi connectivity index (χ4n) is 3.40. The number of aliphatic hydroxyl groups excluding tert-OH is 1. The Balaban J connectivity index is 1.96. The van der Waals surface area contributed by atoms with E-state index >= 15 is 0 Å². The van der Waals surface area contributed by atoms with Crippen LogP contribution in [0.4, 0.5) is 0 Å². The van der Waals surface area contributed by atoms with Crippen molar-refractivity contribution in [1.29, 1.82) is 0 Å². The zero-order chi connectivity index (χ0) is 20.6. The van der Waals surface area contributed by atoms with E-state index in [1.54, 1.807) is 0 Å². The van der Waals surface area contributed by atoms with E-state index in [9.17, 15) is 5.11 Å². The quantitative estimate of drug-likeness (QED) is 0.417. The molecule has 3 aromatic carbocycles. The first-order valence-corrected chi connectivity index (χ1v) is 11.2. The van der Waals surface area contributed by atoms with Crippen molar-refractivity contribution < 1.29 is 14.6 Å². The van der Waals surface area contributed by atoms with Crippen LogP contribution in [0.25, 0.3) is 11.1 Å². The molecule has 0 aliphatic carbocycles. The van der Waals surface area contributed by atoms with E-state index in [4.69, 9.17) is 9.47 Å². The van der Waals surface area contributed by atoms with Crippen LogP contribution in [0.3, 0.4) is 0 Å². The van der Waals surface area contributed by atoms with E-state index in [1.807, 2.05) is 60.3 Å². The maximum absolute atomic E-state index is 9.65. The number of aryl methyl sites for hydroxylation is 2. The second-order valence-electron chi connectivity index (χ2n) is 7.03. The first-order valence-electron chi connectivity index (χ1n) is 9.82. The molecule has 0 aliphatic rings. The Morgan fingerprint density at radius 2 is 1.62 bits per heavy atom. The van der Waals surface area contributed by atoms with E-state index in [2.05, 4.69) is 32.2 Å². The highest BCUT2D eigenvalue weighted by Gasteiger charge is 2.15. The van der Waals surface area contributed by atoms with Gasteiger partial charge >= 0.3 is 0 Å². The molecule has 29 heavy (non-hydrogen) atoms. The van der Waals surface area contributed by atoms with Crippen molar-refractivity contribution in [2.24, 2.45) is 0 Å². The Bertz CT molecular complexity index is 915. The fourth-order valence-corrected chi connectivity index (χ4v) is 3.81. The van der Waals surface area contributed by atoms with Crippen molar-refractivity contribution in [2.45, 2.75) is 26.9 Å². The Kier molecular flexibility index (Phi) is 7.62. The number of hydrogen-bond acceptors (Lipinski definition) is 4. The maximum Gasteiger partial charge on any atom is 0.135 e. The zero-order valence-corrected chi connectivity index (χ0v) is 18.1. The third kappa shape index (κ3) is 5.55. The van der Waals surface area contributed by atoms with Crippen LogP contribution < -0.4 is 9.47 Å². The predicted octanol–water partition coefficient (Wildman–Crippen LogP) is 6.39. The lowest BCUT2D eigenvalue weighted by molar-refractivity contribution is 0.282. The van der Waals surface area contributed by atoms with Crippen LogP contribution in [-0.2, 0) is 6.61 Å². The van der Waals surface area contributed by atoms with E-state index in [-0.39, 0.29) is 6.61 Å². The molecule has 3 nitrogen and oxygen atoms in total. The molecular weight excluding hydrogens is 380 g/mol. The van der Waals surface area contributed by atoms with Gasteiger partial charge in [-0.1, -0.05) is 24.3 Å². The minimum absolute atomic E-state index is 0.00660. The van der Waals surface area contributed by atoms with Crippen LogP contribution in [0.5, 0.6) is 17.2 Å². The van der Waals surface area contributed by atoms with Crippen molar-refractivity contribution in [3.63, 3.8) is 0 Å². The average molecular weight is 409 g/mol. The Morgan fingerprint density at radius 3 is 2.28 bits per heavy atom. The summed E-state index contributed by atoms with van der Waals surface area (Å²) in [5.74, 6) is 3.56. The van der Waals surface area contributed by atoms with Crippen LogP contribution in [0.2, 0.25) is 0 Å². The van der Waals surface area contributed by atoms with Crippen molar-refractivity contribution in [3.8, 4) is 28.4 Å². The number of ether oxygens (including phenoxy) is 2. The Hall–Kier alpha value is -2.43. The minimum Gasteiger partial charge on any atom is -0.494 e. The number of benzene rings is 3. The molecule has 0 fully saturated rings. The molecule has 0 atom stereocenters. The van der Waals surface area contributed by atoms with Crippen molar-refractivity contribution in [1.82, 2.24) is 0 Å². The van der Waals surface area contributed by atoms with Gasteiger partial charge in [0.25, 0.3) is 0 Å². The SMILES string of the molecule is CSCCCOc1cc(C)c(-c2cc(CO)ccc2Oc2ccccc2)c(C)c1. The standard InChI is InChI=1S/C25H28O3S/c1-18-14-22(27-12-7-13-29-3)15-19(2)25(18)23-16-20(17-26)10-11-24(23)28-21-8-5-4-6-9-21/h4-6,8-11,14-16,26H,7,12-13,17H2,1-3H3. The Labute approximate surface area is 177 Å². The Morgan fingerprint density at radius 1 is 0.897 bits per heavy atom. The first kappa shape index (κ1) is 21.3. The second kappa shape index (κ2) is 10.4. The first-order chi connectivity index (χ1) is 14.1. The largest absolute Gasteiger partial charge is 0.494 e. The third-order valence-electron chi connectivity index (χ3n) is 4.73. The lowest BCUT2D eigenvalue weighted by Gasteiger charge is -2.18. The van der Waals surface area contributed by atoms with Gasteiger partial charge in [0.05, 0.1) is 13.2 Å². The zero-order valence-electron chi connectivity index (χ0n) is 17.3. The molecule has 0 bridgehead atoms. The number of rotatable bonds is 9. The number of hydrogen-bond donors (Lipinski definition) is 1. The summed E-state index contributed by atoms with van der Waals surface area (Å²) in [6.45, 7) is 4.90. The summed E-state index contributed by atoms with van der Waals surface area (Å²) in [5.41, 5.74) is 5.19. The van der Waals surface area contributed by atoms with Gasteiger partial charge in [-0.15, -0.1) is 0 Å². The summed E-state index contributed by atoms with van der Waals surface area (Å²) in [7, 11) is 0. The van der Waals surface area contributed by atoms with Gasteiger partial charge in [0.15, 0.2) is 0 Å². The van der Waals surface area contributed by atoms with Gasteiger partial charge < -0.3 is 14.6 Å². The van der Waals surface area contributed by atoms with Gasteiger partial charge in [-0.2, -0.15) is 11.8 Å². The summed E-state index contributed by atoms with van der Waals surface area (Å²) < 4.78 is 12.1. The summed E-state index contributed by atoms with van der Waals surface area (Å²) in [4.78, 5) is 0. The maximum atomic E-state index is 9.65. The van der Waals surface area contributed by atoms with Gasteiger partial charge in [0.1, 0.15) is 17.2 Å². The van der Waals surface area contributed by atoms with Crippen LogP contribution >= 0.6 is 11.8 Å². The molecule has 0 amide bonds. The molecule has 0 aromatic heterocycles. The summed E-state index contributed by atoms with van der Waals surface area (Å²) in [6.07, 6.45) is 3.15. The topological polar surface area (TPSA) is 38.7 Å². The molecule has 0 radical (unpaired) electrons. The van der Waals surface area contributed by atoms with Gasteiger partial charge in [-0.05, 0) is 90.9 Å². The lowest BCUT2D eigenvalue weighted by Crippen LogP contribution is -2.01. The molecule has 0 unspecified atom stereocenters. The molecule has 0 saturated heterocycles. The highest BCUT2D eigenvalue weighted by molar-refractivity contribution is 7.98. The number of thioether (sulfide) groups is 1. The van der Waals surface area contributed by atoms with Crippen molar-refractivity contribution >= 4 is 11.8 Å². The second-order valence-corrected chi connectivity index (χ2v) is 8.02. The molecule has 1 N–H and O–H groups in total. The molecule has 3 rings (SSSR count). The van der Waals surface area contributed by atoms with Crippen LogP contribution in [-0.4, -0.2) is 23.7 Å². The molecule has 152 valence electrons.